The number of hydrazine groups is 1. The lowest BCUT2D eigenvalue weighted by Crippen LogP contribution is -2.40. The minimum Gasteiger partial charge on any atom is -0.439 e. The number of sulfone groups is 1. The first-order valence-corrected chi connectivity index (χ1v) is 12.7. The van der Waals surface area contributed by atoms with E-state index >= 15 is 0 Å². The number of nitrogens with zero attached hydrogens (tertiary/aromatic N) is 3. The summed E-state index contributed by atoms with van der Waals surface area (Å²) in [6.07, 6.45) is -0.520. The van der Waals surface area contributed by atoms with Crippen LogP contribution >= 0.6 is 0 Å². The molecule has 3 rings (SSSR count). The van der Waals surface area contributed by atoms with Gasteiger partial charge in [0.05, 0.1) is 11.4 Å². The highest BCUT2D eigenvalue weighted by molar-refractivity contribution is 7.91. The van der Waals surface area contributed by atoms with E-state index in [1.54, 1.807) is 48.5 Å². The fourth-order valence-electron chi connectivity index (χ4n) is 3.65. The highest BCUT2D eigenvalue weighted by Crippen LogP contribution is 2.27. The SMILES string of the molecule is CCN(CC)c1ccc(N(N)C(=O)OC(CS(=O)(=O)c2ccccn2)c2ccccc2)c(C)c1. The van der Waals surface area contributed by atoms with Crippen molar-refractivity contribution in [2.45, 2.75) is 31.9 Å². The normalized spacial score (nSPS) is 12.1. The van der Waals surface area contributed by atoms with Crippen molar-refractivity contribution in [1.29, 1.82) is 0 Å². The number of anilines is 2. The van der Waals surface area contributed by atoms with Crippen LogP contribution in [0.5, 0.6) is 0 Å². The molecule has 2 N–H and O–H groups in total. The maximum atomic E-state index is 13.0. The largest absolute Gasteiger partial charge is 0.439 e. The molecule has 1 heterocycles. The number of benzene rings is 2. The van der Waals surface area contributed by atoms with Crippen LogP contribution in [0, 0.1) is 6.92 Å². The highest BCUT2D eigenvalue weighted by atomic mass is 32.2. The molecule has 9 heteroatoms. The van der Waals surface area contributed by atoms with E-state index in [1.807, 2.05) is 19.1 Å². The predicted molar refractivity (Wildman–Crippen MR) is 133 cm³/mol. The van der Waals surface area contributed by atoms with E-state index in [1.165, 1.54) is 12.3 Å². The average molecular weight is 483 g/mol. The average Bonchev–Trinajstić information content (AvgIpc) is 2.85. The third kappa shape index (κ3) is 5.92. The second-order valence-corrected chi connectivity index (χ2v) is 9.73. The number of hydrogen-bond donors (Lipinski definition) is 1. The second kappa shape index (κ2) is 11.1. The molecule has 1 atom stereocenters. The van der Waals surface area contributed by atoms with Gasteiger partial charge in [-0.1, -0.05) is 36.4 Å². The second-order valence-electron chi connectivity index (χ2n) is 7.75. The zero-order chi connectivity index (χ0) is 24.7. The quantitative estimate of drug-likeness (QED) is 0.276. The van der Waals surface area contributed by atoms with E-state index in [0.717, 1.165) is 29.3 Å². The Kier molecular flexibility index (Phi) is 8.25. The first kappa shape index (κ1) is 25.2. The Morgan fingerprint density at radius 2 is 1.71 bits per heavy atom. The Morgan fingerprint density at radius 1 is 1.03 bits per heavy atom. The molecule has 0 aliphatic carbocycles. The van der Waals surface area contributed by atoms with Crippen molar-refractivity contribution in [1.82, 2.24) is 4.98 Å². The van der Waals surface area contributed by atoms with Crippen LogP contribution in [0.3, 0.4) is 0 Å². The molecule has 0 aliphatic heterocycles. The number of aryl methyl sites for hydroxylation is 1. The number of amides is 1. The van der Waals surface area contributed by atoms with Crippen LogP contribution in [-0.4, -0.2) is 38.3 Å². The summed E-state index contributed by atoms with van der Waals surface area (Å²) in [6, 6.07) is 18.9. The number of rotatable bonds is 9. The summed E-state index contributed by atoms with van der Waals surface area (Å²) in [6.45, 7) is 7.71. The van der Waals surface area contributed by atoms with Crippen molar-refractivity contribution in [3.8, 4) is 0 Å². The smallest absolute Gasteiger partial charge is 0.429 e. The van der Waals surface area contributed by atoms with Gasteiger partial charge in [-0.2, -0.15) is 0 Å². The van der Waals surface area contributed by atoms with Crippen molar-refractivity contribution in [3.63, 3.8) is 0 Å². The molecule has 0 saturated carbocycles. The number of carbonyl (C=O) groups is 1. The van der Waals surface area contributed by atoms with Crippen LogP contribution in [-0.2, 0) is 14.6 Å². The third-order valence-corrected chi connectivity index (χ3v) is 7.13. The van der Waals surface area contributed by atoms with Crippen LogP contribution in [0.1, 0.15) is 31.1 Å². The van der Waals surface area contributed by atoms with Gasteiger partial charge in [0, 0.05) is 25.0 Å². The van der Waals surface area contributed by atoms with Crippen molar-refractivity contribution in [3.05, 3.63) is 84.1 Å². The molecule has 1 unspecified atom stereocenters. The molecule has 2 aromatic carbocycles. The zero-order valence-corrected chi connectivity index (χ0v) is 20.4. The molecule has 180 valence electrons. The van der Waals surface area contributed by atoms with Crippen LogP contribution in [0.25, 0.3) is 0 Å². The maximum Gasteiger partial charge on any atom is 0.429 e. The Morgan fingerprint density at radius 3 is 2.29 bits per heavy atom. The number of nitrogens with two attached hydrogens (primary N) is 1. The van der Waals surface area contributed by atoms with Gasteiger partial charge in [-0.15, -0.1) is 0 Å². The van der Waals surface area contributed by atoms with Crippen molar-refractivity contribution in [2.24, 2.45) is 5.84 Å². The molecule has 0 fully saturated rings. The van der Waals surface area contributed by atoms with Crippen molar-refractivity contribution in [2.75, 3.05) is 28.8 Å². The molecule has 0 bridgehead atoms. The number of pyridine rings is 1. The van der Waals surface area contributed by atoms with Gasteiger partial charge in [0.15, 0.2) is 14.9 Å². The molecular formula is C25H30N4O4S. The van der Waals surface area contributed by atoms with Gasteiger partial charge in [-0.05, 0) is 62.2 Å². The molecule has 1 amide bonds. The number of ether oxygens (including phenoxy) is 1. The first-order chi connectivity index (χ1) is 16.3. The molecule has 3 aromatic rings. The van der Waals surface area contributed by atoms with Gasteiger partial charge in [-0.3, -0.25) is 0 Å². The summed E-state index contributed by atoms with van der Waals surface area (Å²) in [5, 5.41) is 0.824. The summed E-state index contributed by atoms with van der Waals surface area (Å²) in [5.41, 5.74) is 2.83. The van der Waals surface area contributed by atoms with Gasteiger partial charge < -0.3 is 9.64 Å². The lowest BCUT2D eigenvalue weighted by Gasteiger charge is -2.25. The fraction of sp³-hybridized carbons (Fsp3) is 0.280. The molecule has 0 spiro atoms. The molecule has 1 aromatic heterocycles. The zero-order valence-electron chi connectivity index (χ0n) is 19.6. The van der Waals surface area contributed by atoms with Gasteiger partial charge in [0.2, 0.25) is 0 Å². The Hall–Kier alpha value is -3.43. The summed E-state index contributed by atoms with van der Waals surface area (Å²) in [5.74, 6) is 5.65. The van der Waals surface area contributed by atoms with E-state index in [0.29, 0.717) is 11.3 Å². The Balaban J connectivity index is 1.84. The van der Waals surface area contributed by atoms with Gasteiger partial charge in [-0.25, -0.2) is 29.0 Å². The molecular weight excluding hydrogens is 452 g/mol. The van der Waals surface area contributed by atoms with Gasteiger partial charge >= 0.3 is 6.09 Å². The van der Waals surface area contributed by atoms with E-state index in [2.05, 4.69) is 23.7 Å². The van der Waals surface area contributed by atoms with Crippen LogP contribution in [0.15, 0.2) is 78.0 Å². The molecule has 0 aliphatic rings. The van der Waals surface area contributed by atoms with Crippen molar-refractivity contribution < 1.29 is 17.9 Å². The summed E-state index contributed by atoms with van der Waals surface area (Å²) in [4.78, 5) is 19.1. The minimum atomic E-state index is -3.83. The van der Waals surface area contributed by atoms with E-state index in [4.69, 9.17) is 10.6 Å². The minimum absolute atomic E-state index is 0.0839. The topological polar surface area (TPSA) is 106 Å². The predicted octanol–water partition coefficient (Wildman–Crippen LogP) is 4.27. The first-order valence-electron chi connectivity index (χ1n) is 11.1. The van der Waals surface area contributed by atoms with Crippen LogP contribution in [0.4, 0.5) is 16.2 Å². The molecule has 8 nitrogen and oxygen atoms in total. The Bertz CT molecular complexity index is 1200. The van der Waals surface area contributed by atoms with E-state index < -0.39 is 27.8 Å². The monoisotopic (exact) mass is 482 g/mol. The van der Waals surface area contributed by atoms with Crippen molar-refractivity contribution >= 4 is 27.3 Å². The Labute approximate surface area is 200 Å². The molecule has 0 saturated heterocycles. The summed E-state index contributed by atoms with van der Waals surface area (Å²) in [7, 11) is -3.83. The highest BCUT2D eigenvalue weighted by Gasteiger charge is 2.28. The summed E-state index contributed by atoms with van der Waals surface area (Å²) >= 11 is 0. The third-order valence-electron chi connectivity index (χ3n) is 5.51. The fourth-order valence-corrected chi connectivity index (χ4v) is 4.99. The van der Waals surface area contributed by atoms with Gasteiger partial charge in [0.1, 0.15) is 6.10 Å². The number of hydrogen-bond acceptors (Lipinski definition) is 7. The maximum absolute atomic E-state index is 13.0. The molecule has 0 radical (unpaired) electrons. The van der Waals surface area contributed by atoms with Crippen LogP contribution < -0.4 is 15.8 Å². The molecule has 34 heavy (non-hydrogen) atoms. The van der Waals surface area contributed by atoms with E-state index in [9.17, 15) is 13.2 Å². The number of carbonyl (C=O) groups excluding carboxylic acids is 1. The standard InChI is InChI=1S/C25H30N4O4S/c1-4-28(5-2)21-14-15-22(19(3)17-21)29(26)25(30)33-23(20-11-7-6-8-12-20)18-34(31,32)24-13-9-10-16-27-24/h6-17,23H,4-5,18,26H2,1-3H3. The lowest BCUT2D eigenvalue weighted by atomic mass is 10.1. The van der Waals surface area contributed by atoms with Gasteiger partial charge in [0.25, 0.3) is 0 Å². The van der Waals surface area contributed by atoms with Crippen LogP contribution in [0.2, 0.25) is 0 Å². The lowest BCUT2D eigenvalue weighted by molar-refractivity contribution is 0.115. The number of aromatic nitrogens is 1. The summed E-state index contributed by atoms with van der Waals surface area (Å²) < 4.78 is 31.5. The van der Waals surface area contributed by atoms with E-state index in [-0.39, 0.29) is 5.03 Å².